The number of aliphatic hydroxyl groups is 1. The van der Waals surface area contributed by atoms with E-state index in [0.717, 1.165) is 18.2 Å². The monoisotopic (exact) mass is 295 g/mol. The third-order valence-corrected chi connectivity index (χ3v) is 4.71. The minimum Gasteiger partial charge on any atom is -0.491 e. The SMILES string of the molecule is Cc1cc(C)cc(OCC(O)CNCC2CCSC2)c1. The molecule has 3 nitrogen and oxygen atoms in total. The number of aryl methyl sites for hydroxylation is 2. The lowest BCUT2D eigenvalue weighted by molar-refractivity contribution is 0.105. The van der Waals surface area contributed by atoms with E-state index in [0.29, 0.717) is 13.2 Å². The summed E-state index contributed by atoms with van der Waals surface area (Å²) in [5, 5.41) is 13.3. The molecule has 1 aliphatic rings. The lowest BCUT2D eigenvalue weighted by Crippen LogP contribution is -2.34. The normalized spacial score (nSPS) is 20.1. The van der Waals surface area contributed by atoms with Crippen LogP contribution in [-0.2, 0) is 0 Å². The predicted octanol–water partition coefficient (Wildman–Crippen LogP) is 2.39. The maximum Gasteiger partial charge on any atom is 0.119 e. The second-order valence-corrected chi connectivity index (χ2v) is 6.83. The molecule has 1 aromatic carbocycles. The molecule has 0 saturated carbocycles. The van der Waals surface area contributed by atoms with Crippen LogP contribution in [0.3, 0.4) is 0 Å². The van der Waals surface area contributed by atoms with Gasteiger partial charge in [-0.25, -0.2) is 0 Å². The molecular weight excluding hydrogens is 270 g/mol. The molecule has 2 atom stereocenters. The molecule has 4 heteroatoms. The van der Waals surface area contributed by atoms with Gasteiger partial charge in [-0.2, -0.15) is 11.8 Å². The van der Waals surface area contributed by atoms with E-state index in [1.807, 2.05) is 23.9 Å². The molecule has 2 rings (SSSR count). The number of rotatable bonds is 7. The van der Waals surface area contributed by atoms with Crippen molar-refractivity contribution in [3.05, 3.63) is 29.3 Å². The van der Waals surface area contributed by atoms with Gasteiger partial charge in [0.05, 0.1) is 0 Å². The van der Waals surface area contributed by atoms with E-state index in [1.54, 1.807) is 0 Å². The fraction of sp³-hybridized carbons (Fsp3) is 0.625. The number of hydrogen-bond acceptors (Lipinski definition) is 4. The van der Waals surface area contributed by atoms with E-state index < -0.39 is 6.10 Å². The number of nitrogens with one attached hydrogen (secondary N) is 1. The van der Waals surface area contributed by atoms with Crippen molar-refractivity contribution in [1.82, 2.24) is 5.32 Å². The van der Waals surface area contributed by atoms with Crippen molar-refractivity contribution in [2.45, 2.75) is 26.4 Å². The summed E-state index contributed by atoms with van der Waals surface area (Å²) in [6.07, 6.45) is 0.845. The predicted molar refractivity (Wildman–Crippen MR) is 85.7 cm³/mol. The minimum atomic E-state index is -0.454. The number of hydrogen-bond donors (Lipinski definition) is 2. The van der Waals surface area contributed by atoms with Gasteiger partial charge in [-0.3, -0.25) is 0 Å². The summed E-state index contributed by atoms with van der Waals surface area (Å²) in [7, 11) is 0. The smallest absolute Gasteiger partial charge is 0.119 e. The Balaban J connectivity index is 1.65. The maximum absolute atomic E-state index is 9.93. The Morgan fingerprint density at radius 1 is 1.35 bits per heavy atom. The Morgan fingerprint density at radius 2 is 2.10 bits per heavy atom. The summed E-state index contributed by atoms with van der Waals surface area (Å²) in [6, 6.07) is 6.12. The number of aliphatic hydroxyl groups excluding tert-OH is 1. The minimum absolute atomic E-state index is 0.343. The second kappa shape index (κ2) is 7.91. The Morgan fingerprint density at radius 3 is 2.75 bits per heavy atom. The van der Waals surface area contributed by atoms with Crippen LogP contribution in [0.4, 0.5) is 0 Å². The van der Waals surface area contributed by atoms with Crippen LogP contribution >= 0.6 is 11.8 Å². The van der Waals surface area contributed by atoms with Crippen LogP contribution in [-0.4, -0.2) is 42.4 Å². The van der Waals surface area contributed by atoms with Gasteiger partial charge in [0.25, 0.3) is 0 Å². The fourth-order valence-electron chi connectivity index (χ4n) is 2.47. The van der Waals surface area contributed by atoms with Crippen molar-refractivity contribution in [1.29, 1.82) is 0 Å². The molecule has 0 aliphatic carbocycles. The summed E-state index contributed by atoms with van der Waals surface area (Å²) < 4.78 is 5.66. The second-order valence-electron chi connectivity index (χ2n) is 5.68. The van der Waals surface area contributed by atoms with Gasteiger partial charge in [0.15, 0.2) is 0 Å². The third-order valence-electron chi connectivity index (χ3n) is 3.47. The molecular formula is C16H25NO2S. The van der Waals surface area contributed by atoms with E-state index in [9.17, 15) is 5.11 Å². The van der Waals surface area contributed by atoms with Crippen molar-refractivity contribution in [3.63, 3.8) is 0 Å². The molecule has 20 heavy (non-hydrogen) atoms. The molecule has 0 bridgehead atoms. The average molecular weight is 295 g/mol. The molecule has 1 saturated heterocycles. The Kier molecular flexibility index (Phi) is 6.20. The first-order valence-corrected chi connectivity index (χ1v) is 8.46. The van der Waals surface area contributed by atoms with Crippen LogP contribution in [0, 0.1) is 19.8 Å². The van der Waals surface area contributed by atoms with Gasteiger partial charge in [-0.05, 0) is 67.5 Å². The summed E-state index contributed by atoms with van der Waals surface area (Å²) in [5.41, 5.74) is 2.37. The summed E-state index contributed by atoms with van der Waals surface area (Å²) in [6.45, 7) is 6.06. The first-order valence-electron chi connectivity index (χ1n) is 7.31. The van der Waals surface area contributed by atoms with Gasteiger partial charge < -0.3 is 15.2 Å². The highest BCUT2D eigenvalue weighted by atomic mass is 32.2. The molecule has 112 valence electrons. The highest BCUT2D eigenvalue weighted by Gasteiger charge is 2.15. The van der Waals surface area contributed by atoms with Gasteiger partial charge in [0.2, 0.25) is 0 Å². The highest BCUT2D eigenvalue weighted by Crippen LogP contribution is 2.22. The molecule has 2 unspecified atom stereocenters. The van der Waals surface area contributed by atoms with Gasteiger partial charge in [-0.15, -0.1) is 0 Å². The van der Waals surface area contributed by atoms with E-state index in [-0.39, 0.29) is 0 Å². The molecule has 2 N–H and O–H groups in total. The summed E-state index contributed by atoms with van der Waals surface area (Å²) in [4.78, 5) is 0. The van der Waals surface area contributed by atoms with Crippen LogP contribution in [0.1, 0.15) is 17.5 Å². The van der Waals surface area contributed by atoms with E-state index in [2.05, 4.69) is 25.2 Å². The lowest BCUT2D eigenvalue weighted by Gasteiger charge is -2.15. The van der Waals surface area contributed by atoms with Gasteiger partial charge in [-0.1, -0.05) is 6.07 Å². The van der Waals surface area contributed by atoms with Crippen molar-refractivity contribution >= 4 is 11.8 Å². The van der Waals surface area contributed by atoms with Crippen molar-refractivity contribution in [2.24, 2.45) is 5.92 Å². The van der Waals surface area contributed by atoms with Crippen LogP contribution in [0.25, 0.3) is 0 Å². The number of thioether (sulfide) groups is 1. The van der Waals surface area contributed by atoms with Gasteiger partial charge in [0, 0.05) is 6.54 Å². The van der Waals surface area contributed by atoms with Crippen LogP contribution in [0.2, 0.25) is 0 Å². The summed E-state index contributed by atoms with van der Waals surface area (Å²) in [5.74, 6) is 4.15. The topological polar surface area (TPSA) is 41.5 Å². The van der Waals surface area contributed by atoms with Crippen LogP contribution < -0.4 is 10.1 Å². The van der Waals surface area contributed by atoms with E-state index in [4.69, 9.17) is 4.74 Å². The van der Waals surface area contributed by atoms with E-state index in [1.165, 1.54) is 29.1 Å². The summed E-state index contributed by atoms with van der Waals surface area (Å²) >= 11 is 2.02. The van der Waals surface area contributed by atoms with E-state index >= 15 is 0 Å². The Labute approximate surface area is 126 Å². The molecule has 0 radical (unpaired) electrons. The molecule has 1 aromatic rings. The van der Waals surface area contributed by atoms with Crippen molar-refractivity contribution in [2.75, 3.05) is 31.2 Å². The third kappa shape index (κ3) is 5.35. The fourth-order valence-corrected chi connectivity index (χ4v) is 3.75. The molecule has 0 spiro atoms. The standard InChI is InChI=1S/C16H25NO2S/c1-12-5-13(2)7-16(6-12)19-10-15(18)9-17-8-14-3-4-20-11-14/h5-7,14-15,17-18H,3-4,8-11H2,1-2H3. The average Bonchev–Trinajstić information content (AvgIpc) is 2.88. The zero-order chi connectivity index (χ0) is 14.4. The molecule has 1 heterocycles. The molecule has 0 aromatic heterocycles. The Hall–Kier alpha value is -0.710. The highest BCUT2D eigenvalue weighted by molar-refractivity contribution is 7.99. The zero-order valence-corrected chi connectivity index (χ0v) is 13.2. The maximum atomic E-state index is 9.93. The number of benzene rings is 1. The molecule has 1 aliphatic heterocycles. The first-order chi connectivity index (χ1) is 9.63. The lowest BCUT2D eigenvalue weighted by atomic mass is 10.1. The largest absolute Gasteiger partial charge is 0.491 e. The van der Waals surface area contributed by atoms with Crippen LogP contribution in [0.15, 0.2) is 18.2 Å². The van der Waals surface area contributed by atoms with Gasteiger partial charge in [0.1, 0.15) is 18.5 Å². The van der Waals surface area contributed by atoms with Gasteiger partial charge >= 0.3 is 0 Å². The van der Waals surface area contributed by atoms with Crippen molar-refractivity contribution < 1.29 is 9.84 Å². The van der Waals surface area contributed by atoms with Crippen molar-refractivity contribution in [3.8, 4) is 5.75 Å². The quantitative estimate of drug-likeness (QED) is 0.810. The number of ether oxygens (including phenoxy) is 1. The first kappa shape index (κ1) is 15.7. The zero-order valence-electron chi connectivity index (χ0n) is 12.4. The van der Waals surface area contributed by atoms with Crippen LogP contribution in [0.5, 0.6) is 5.75 Å². The Bertz CT molecular complexity index is 399. The molecule has 1 fully saturated rings. The molecule has 0 amide bonds.